The van der Waals surface area contributed by atoms with Crippen LogP contribution >= 0.6 is 0 Å². The number of carbonyl (C=O) groups excluding carboxylic acids is 1. The Morgan fingerprint density at radius 1 is 1.27 bits per heavy atom. The first-order valence-electron chi connectivity index (χ1n) is 9.74. The maximum Gasteiger partial charge on any atom is 0.322 e. The fourth-order valence-electron chi connectivity index (χ4n) is 3.50. The van der Waals surface area contributed by atoms with Crippen molar-refractivity contribution in [1.29, 1.82) is 5.26 Å². The molecule has 1 atom stereocenters. The lowest BCUT2D eigenvalue weighted by Crippen LogP contribution is -2.41. The van der Waals surface area contributed by atoms with Gasteiger partial charge in [0.2, 0.25) is 11.7 Å². The third kappa shape index (κ3) is 4.10. The third-order valence-corrected chi connectivity index (χ3v) is 5.08. The van der Waals surface area contributed by atoms with Gasteiger partial charge in [-0.15, -0.1) is 0 Å². The molecular formula is C22H21N5O3. The summed E-state index contributed by atoms with van der Waals surface area (Å²) in [6.07, 6.45) is 2.64. The van der Waals surface area contributed by atoms with Crippen LogP contribution in [-0.4, -0.2) is 34.7 Å². The van der Waals surface area contributed by atoms with Crippen molar-refractivity contribution in [1.82, 2.24) is 15.0 Å². The number of nitrogens with one attached hydrogen (secondary N) is 1. The summed E-state index contributed by atoms with van der Waals surface area (Å²) in [5.74, 6) is 1.59. The molecule has 1 saturated heterocycles. The highest BCUT2D eigenvalue weighted by Crippen LogP contribution is 2.32. The number of nitriles is 1. The van der Waals surface area contributed by atoms with Crippen molar-refractivity contribution >= 4 is 11.7 Å². The first-order valence-corrected chi connectivity index (χ1v) is 9.74. The van der Waals surface area contributed by atoms with Gasteiger partial charge in [0.1, 0.15) is 11.8 Å². The number of ether oxygens (including phenoxy) is 1. The highest BCUT2D eigenvalue weighted by atomic mass is 16.5. The maximum absolute atomic E-state index is 12.9. The lowest BCUT2D eigenvalue weighted by Gasteiger charge is -2.33. The number of benzene rings is 2. The monoisotopic (exact) mass is 403 g/mol. The molecule has 2 heterocycles. The third-order valence-electron chi connectivity index (χ3n) is 5.08. The fourth-order valence-corrected chi connectivity index (χ4v) is 3.50. The van der Waals surface area contributed by atoms with Gasteiger partial charge in [0.05, 0.1) is 18.7 Å². The summed E-state index contributed by atoms with van der Waals surface area (Å²) in [5.41, 5.74) is 1.96. The highest BCUT2D eigenvalue weighted by molar-refractivity contribution is 5.89. The molecule has 1 aromatic heterocycles. The van der Waals surface area contributed by atoms with E-state index in [-0.39, 0.29) is 12.1 Å². The molecule has 4 rings (SSSR count). The molecule has 30 heavy (non-hydrogen) atoms. The van der Waals surface area contributed by atoms with Gasteiger partial charge in [-0.2, -0.15) is 10.2 Å². The molecule has 0 saturated carbocycles. The SMILES string of the molecule is COc1cccc(-c2noc([C@H]3CCCCN3C(=O)Nc3ccc(C#N)cc3)n2)c1. The van der Waals surface area contributed by atoms with E-state index in [1.54, 1.807) is 36.3 Å². The summed E-state index contributed by atoms with van der Waals surface area (Å²) in [7, 11) is 1.60. The number of amides is 2. The van der Waals surface area contributed by atoms with Crippen molar-refractivity contribution in [3.8, 4) is 23.2 Å². The van der Waals surface area contributed by atoms with E-state index >= 15 is 0 Å². The minimum atomic E-state index is -0.288. The molecule has 2 amide bonds. The van der Waals surface area contributed by atoms with Crippen molar-refractivity contribution < 1.29 is 14.1 Å². The van der Waals surface area contributed by atoms with E-state index in [2.05, 4.69) is 21.5 Å². The summed E-state index contributed by atoms with van der Waals surface area (Å²) in [6.45, 7) is 0.601. The number of hydrogen-bond donors (Lipinski definition) is 1. The Bertz CT molecular complexity index is 1070. The largest absolute Gasteiger partial charge is 0.497 e. The van der Waals surface area contributed by atoms with E-state index in [0.29, 0.717) is 35.3 Å². The maximum atomic E-state index is 12.9. The Balaban J connectivity index is 1.52. The molecule has 0 unspecified atom stereocenters. The van der Waals surface area contributed by atoms with Crippen LogP contribution in [0.5, 0.6) is 5.75 Å². The number of aromatic nitrogens is 2. The summed E-state index contributed by atoms with van der Waals surface area (Å²) in [4.78, 5) is 19.2. The zero-order valence-corrected chi connectivity index (χ0v) is 16.5. The van der Waals surface area contributed by atoms with Gasteiger partial charge in [-0.3, -0.25) is 0 Å². The molecule has 0 aliphatic carbocycles. The zero-order valence-electron chi connectivity index (χ0n) is 16.5. The first-order chi connectivity index (χ1) is 14.7. The lowest BCUT2D eigenvalue weighted by atomic mass is 10.0. The lowest BCUT2D eigenvalue weighted by molar-refractivity contribution is 0.142. The molecule has 0 radical (unpaired) electrons. The number of urea groups is 1. The average molecular weight is 403 g/mol. The van der Waals surface area contributed by atoms with Crippen molar-refractivity contribution in [2.75, 3.05) is 19.0 Å². The summed E-state index contributed by atoms with van der Waals surface area (Å²) < 4.78 is 10.8. The Hall–Kier alpha value is -3.86. The van der Waals surface area contributed by atoms with Gasteiger partial charge in [-0.25, -0.2) is 4.79 Å². The molecular weight excluding hydrogens is 382 g/mol. The van der Waals surface area contributed by atoms with Crippen LogP contribution in [-0.2, 0) is 0 Å². The number of nitrogens with zero attached hydrogens (tertiary/aromatic N) is 4. The highest BCUT2D eigenvalue weighted by Gasteiger charge is 2.32. The molecule has 152 valence electrons. The number of methoxy groups -OCH3 is 1. The van der Waals surface area contributed by atoms with Gasteiger partial charge in [0.15, 0.2) is 0 Å². The molecule has 8 nitrogen and oxygen atoms in total. The molecule has 8 heteroatoms. The van der Waals surface area contributed by atoms with Crippen LogP contribution in [0.2, 0.25) is 0 Å². The Morgan fingerprint density at radius 2 is 2.10 bits per heavy atom. The topological polar surface area (TPSA) is 104 Å². The van der Waals surface area contributed by atoms with Crippen LogP contribution in [0.1, 0.15) is 36.8 Å². The van der Waals surface area contributed by atoms with E-state index in [1.165, 1.54) is 0 Å². The van der Waals surface area contributed by atoms with E-state index in [0.717, 1.165) is 24.8 Å². The summed E-state index contributed by atoms with van der Waals surface area (Å²) in [5, 5.41) is 15.9. The second-order valence-electron chi connectivity index (χ2n) is 7.01. The quantitative estimate of drug-likeness (QED) is 0.693. The van der Waals surface area contributed by atoms with Crippen molar-refractivity contribution in [3.63, 3.8) is 0 Å². The second kappa shape index (κ2) is 8.66. The normalized spacial score (nSPS) is 16.0. The Kier molecular flexibility index (Phi) is 5.61. The number of likely N-dealkylation sites (tertiary alicyclic amines) is 1. The predicted molar refractivity (Wildman–Crippen MR) is 110 cm³/mol. The Morgan fingerprint density at radius 3 is 2.87 bits per heavy atom. The smallest absolute Gasteiger partial charge is 0.322 e. The van der Waals surface area contributed by atoms with Gasteiger partial charge in [0, 0.05) is 17.8 Å². The van der Waals surface area contributed by atoms with E-state index in [9.17, 15) is 4.79 Å². The van der Waals surface area contributed by atoms with Gasteiger partial charge < -0.3 is 19.5 Å². The Labute approximate surface area is 174 Å². The van der Waals surface area contributed by atoms with E-state index in [1.807, 2.05) is 24.3 Å². The van der Waals surface area contributed by atoms with E-state index in [4.69, 9.17) is 14.5 Å². The first kappa shape index (κ1) is 19.5. The van der Waals surface area contributed by atoms with Crippen molar-refractivity contribution in [2.24, 2.45) is 0 Å². The zero-order chi connectivity index (χ0) is 20.9. The van der Waals surface area contributed by atoms with Gasteiger partial charge >= 0.3 is 6.03 Å². The number of rotatable bonds is 4. The van der Waals surface area contributed by atoms with E-state index < -0.39 is 0 Å². The molecule has 0 spiro atoms. The molecule has 1 fully saturated rings. The van der Waals surface area contributed by atoms with Crippen molar-refractivity contribution in [3.05, 3.63) is 60.0 Å². The standard InChI is InChI=1S/C22H21N5O3/c1-29-18-6-4-5-16(13-18)20-25-21(30-26-20)19-7-2-3-12-27(19)22(28)24-17-10-8-15(14-23)9-11-17/h4-6,8-11,13,19H,2-3,7,12H2,1H3,(H,24,28)/t19-/m1/s1. The average Bonchev–Trinajstić information content (AvgIpc) is 3.30. The number of anilines is 1. The van der Waals surface area contributed by atoms with Crippen molar-refractivity contribution in [2.45, 2.75) is 25.3 Å². The summed E-state index contributed by atoms with van der Waals surface area (Å²) >= 11 is 0. The van der Waals surface area contributed by atoms with Gasteiger partial charge in [-0.05, 0) is 55.7 Å². The number of carbonyl (C=O) groups is 1. The number of piperidine rings is 1. The predicted octanol–water partition coefficient (Wildman–Crippen LogP) is 4.38. The molecule has 3 aromatic rings. The van der Waals surface area contributed by atoms with Gasteiger partial charge in [0.25, 0.3) is 0 Å². The molecule has 1 aliphatic rings. The van der Waals surface area contributed by atoms with Crippen LogP contribution in [0.15, 0.2) is 53.1 Å². The molecule has 0 bridgehead atoms. The van der Waals surface area contributed by atoms with Crippen LogP contribution in [0.4, 0.5) is 10.5 Å². The summed E-state index contributed by atoms with van der Waals surface area (Å²) in [6, 6.07) is 15.7. The van der Waals surface area contributed by atoms with Gasteiger partial charge in [-0.1, -0.05) is 17.3 Å². The van der Waals surface area contributed by atoms with Crippen LogP contribution in [0.3, 0.4) is 0 Å². The number of hydrogen-bond acceptors (Lipinski definition) is 6. The van der Waals surface area contributed by atoms with Crippen LogP contribution in [0, 0.1) is 11.3 Å². The minimum absolute atomic E-state index is 0.231. The molecule has 1 N–H and O–H groups in total. The fraction of sp³-hybridized carbons (Fsp3) is 0.273. The second-order valence-corrected chi connectivity index (χ2v) is 7.01. The minimum Gasteiger partial charge on any atom is -0.497 e. The van der Waals surface area contributed by atoms with Crippen LogP contribution in [0.25, 0.3) is 11.4 Å². The molecule has 1 aliphatic heterocycles. The molecule has 2 aromatic carbocycles. The van der Waals surface area contributed by atoms with Crippen LogP contribution < -0.4 is 10.1 Å².